The van der Waals surface area contributed by atoms with Crippen LogP contribution in [0.1, 0.15) is 29.5 Å². The van der Waals surface area contributed by atoms with Crippen LogP contribution in [0.15, 0.2) is 61.2 Å². The smallest absolute Gasteiger partial charge is 0.229 e. The lowest BCUT2D eigenvalue weighted by Gasteiger charge is -2.14. The van der Waals surface area contributed by atoms with Gasteiger partial charge >= 0.3 is 0 Å². The number of amides is 1. The Balaban J connectivity index is 1.52. The fourth-order valence-electron chi connectivity index (χ4n) is 4.17. The number of hydrogen-bond donors (Lipinski definition) is 2. The topological polar surface area (TPSA) is 41.1 Å². The Hall–Kier alpha value is -2.24. The fraction of sp³-hybridized carbons (Fsp3) is 0.192. The van der Waals surface area contributed by atoms with E-state index < -0.39 is 16.6 Å². The molecule has 3 aromatic carbocycles. The molecule has 1 fully saturated rings. The van der Waals surface area contributed by atoms with Crippen LogP contribution in [-0.2, 0) is 4.79 Å². The first-order valence-corrected chi connectivity index (χ1v) is 12.0. The van der Waals surface area contributed by atoms with Crippen LogP contribution in [0.4, 0.5) is 15.8 Å². The monoisotopic (exact) mass is 536 g/mol. The Labute approximate surface area is 217 Å². The number of carbonyl (C=O) groups is 1. The summed E-state index contributed by atoms with van der Waals surface area (Å²) in [5.41, 5.74) is 3.33. The zero-order valence-corrected chi connectivity index (χ0v) is 21.4. The van der Waals surface area contributed by atoms with Crippen molar-refractivity contribution < 1.29 is 9.18 Å². The van der Waals surface area contributed by atoms with Crippen molar-refractivity contribution in [2.45, 2.75) is 24.6 Å². The zero-order chi connectivity index (χ0) is 24.8. The SMILES string of the molecule is C=C(Nc1ccc(C)cc1F)c1cc(NC(=O)C2C(c3cc(Cl)cc(Cl)c3)C2(C)Cl)ccc1Cl. The van der Waals surface area contributed by atoms with Crippen molar-refractivity contribution in [3.8, 4) is 0 Å². The number of anilines is 2. The summed E-state index contributed by atoms with van der Waals surface area (Å²) >= 11 is 25.3. The Bertz CT molecular complexity index is 1290. The maximum atomic E-state index is 14.3. The standard InChI is InChI=1S/C26H21Cl4FN2O/c1-13-4-7-22(21(31)8-13)32-14(2)19-12-18(5-6-20(19)29)33-25(34)24-23(26(24,3)30)15-9-16(27)11-17(28)10-15/h4-12,23-24,32H,2H2,1,3H3,(H,33,34). The molecule has 3 unspecified atom stereocenters. The molecule has 0 aliphatic heterocycles. The molecule has 1 amide bonds. The van der Waals surface area contributed by atoms with Crippen molar-refractivity contribution in [2.24, 2.45) is 5.92 Å². The summed E-state index contributed by atoms with van der Waals surface area (Å²) < 4.78 is 14.3. The van der Waals surface area contributed by atoms with Crippen molar-refractivity contribution in [3.63, 3.8) is 0 Å². The molecule has 4 rings (SSSR count). The van der Waals surface area contributed by atoms with E-state index in [4.69, 9.17) is 46.4 Å². The molecule has 8 heteroatoms. The third kappa shape index (κ3) is 5.06. The average molecular weight is 538 g/mol. The van der Waals surface area contributed by atoms with Crippen LogP contribution in [0.5, 0.6) is 0 Å². The van der Waals surface area contributed by atoms with Gasteiger partial charge in [-0.3, -0.25) is 4.79 Å². The van der Waals surface area contributed by atoms with Crippen LogP contribution < -0.4 is 10.6 Å². The van der Waals surface area contributed by atoms with Gasteiger partial charge in [0, 0.05) is 32.9 Å². The number of carbonyl (C=O) groups excluding carboxylic acids is 1. The molecule has 176 valence electrons. The minimum absolute atomic E-state index is 0.238. The molecule has 1 saturated carbocycles. The second-order valence-corrected chi connectivity index (χ2v) is 10.7. The Morgan fingerprint density at radius 2 is 1.68 bits per heavy atom. The molecular formula is C26H21Cl4FN2O. The molecule has 0 radical (unpaired) electrons. The molecule has 1 aliphatic rings. The molecule has 0 saturated heterocycles. The summed E-state index contributed by atoms with van der Waals surface area (Å²) in [6.45, 7) is 7.60. The van der Waals surface area contributed by atoms with Crippen molar-refractivity contribution in [1.29, 1.82) is 0 Å². The van der Waals surface area contributed by atoms with Gasteiger partial charge in [0.05, 0.1) is 21.5 Å². The zero-order valence-electron chi connectivity index (χ0n) is 18.4. The van der Waals surface area contributed by atoms with E-state index in [2.05, 4.69) is 17.2 Å². The molecule has 3 aromatic rings. The number of benzene rings is 3. The molecule has 0 bridgehead atoms. The second kappa shape index (κ2) is 9.43. The third-order valence-corrected chi connectivity index (χ3v) is 7.17. The Kier molecular flexibility index (Phi) is 6.90. The summed E-state index contributed by atoms with van der Waals surface area (Å²) in [6.07, 6.45) is 0. The van der Waals surface area contributed by atoms with E-state index in [0.717, 1.165) is 11.1 Å². The summed E-state index contributed by atoms with van der Waals surface area (Å²) in [5, 5.41) is 7.23. The highest BCUT2D eigenvalue weighted by Gasteiger charge is 2.65. The first kappa shape index (κ1) is 24.9. The molecule has 0 aromatic heterocycles. The van der Waals surface area contributed by atoms with E-state index in [1.807, 2.05) is 13.8 Å². The van der Waals surface area contributed by atoms with Gasteiger partial charge in [-0.2, -0.15) is 0 Å². The van der Waals surface area contributed by atoms with Gasteiger partial charge in [0.15, 0.2) is 0 Å². The van der Waals surface area contributed by atoms with Gasteiger partial charge in [0.25, 0.3) is 0 Å². The lowest BCUT2D eigenvalue weighted by atomic mass is 10.1. The number of alkyl halides is 1. The fourth-order valence-corrected chi connectivity index (χ4v) is 5.36. The second-order valence-electron chi connectivity index (χ2n) is 8.58. The Morgan fingerprint density at radius 3 is 2.32 bits per heavy atom. The molecule has 0 spiro atoms. The number of rotatable bonds is 6. The maximum Gasteiger partial charge on any atom is 0.229 e. The van der Waals surface area contributed by atoms with Gasteiger partial charge in [0.2, 0.25) is 5.91 Å². The van der Waals surface area contributed by atoms with Crippen LogP contribution >= 0.6 is 46.4 Å². The van der Waals surface area contributed by atoms with E-state index in [-0.39, 0.29) is 17.5 Å². The number of halogens is 5. The van der Waals surface area contributed by atoms with Crippen molar-refractivity contribution in [2.75, 3.05) is 10.6 Å². The van der Waals surface area contributed by atoms with Crippen LogP contribution in [-0.4, -0.2) is 10.8 Å². The number of hydrogen-bond acceptors (Lipinski definition) is 2. The van der Waals surface area contributed by atoms with Gasteiger partial charge in [-0.1, -0.05) is 47.4 Å². The minimum Gasteiger partial charge on any atom is -0.353 e. The van der Waals surface area contributed by atoms with Crippen LogP contribution in [0.25, 0.3) is 5.70 Å². The van der Waals surface area contributed by atoms with Crippen LogP contribution in [0.3, 0.4) is 0 Å². The molecule has 1 aliphatic carbocycles. The lowest BCUT2D eigenvalue weighted by Crippen LogP contribution is -2.18. The van der Waals surface area contributed by atoms with Gasteiger partial charge in [0.1, 0.15) is 5.82 Å². The molecule has 3 nitrogen and oxygen atoms in total. The number of aryl methyl sites for hydroxylation is 1. The molecule has 34 heavy (non-hydrogen) atoms. The van der Waals surface area contributed by atoms with Crippen LogP contribution in [0.2, 0.25) is 15.1 Å². The van der Waals surface area contributed by atoms with E-state index in [0.29, 0.717) is 32.0 Å². The van der Waals surface area contributed by atoms with Crippen LogP contribution in [0, 0.1) is 18.7 Å². The number of nitrogens with one attached hydrogen (secondary N) is 2. The van der Waals surface area contributed by atoms with E-state index in [1.165, 1.54) is 6.07 Å². The first-order chi connectivity index (χ1) is 16.0. The minimum atomic E-state index is -0.776. The summed E-state index contributed by atoms with van der Waals surface area (Å²) in [6, 6.07) is 15.0. The highest BCUT2D eigenvalue weighted by atomic mass is 35.5. The highest BCUT2D eigenvalue weighted by Crippen LogP contribution is 2.62. The van der Waals surface area contributed by atoms with E-state index in [1.54, 1.807) is 48.5 Å². The lowest BCUT2D eigenvalue weighted by molar-refractivity contribution is -0.117. The van der Waals surface area contributed by atoms with E-state index in [9.17, 15) is 9.18 Å². The quantitative estimate of drug-likeness (QED) is 0.309. The average Bonchev–Trinajstić information content (AvgIpc) is 3.33. The maximum absolute atomic E-state index is 14.3. The van der Waals surface area contributed by atoms with Crippen molar-refractivity contribution in [1.82, 2.24) is 0 Å². The van der Waals surface area contributed by atoms with Gasteiger partial charge < -0.3 is 10.6 Å². The van der Waals surface area contributed by atoms with Gasteiger partial charge in [-0.15, -0.1) is 11.6 Å². The molecular weight excluding hydrogens is 517 g/mol. The first-order valence-electron chi connectivity index (χ1n) is 10.4. The largest absolute Gasteiger partial charge is 0.353 e. The van der Waals surface area contributed by atoms with Gasteiger partial charge in [-0.25, -0.2) is 4.39 Å². The highest BCUT2D eigenvalue weighted by molar-refractivity contribution is 6.35. The Morgan fingerprint density at radius 1 is 1.00 bits per heavy atom. The molecule has 0 heterocycles. The predicted molar refractivity (Wildman–Crippen MR) is 141 cm³/mol. The summed E-state index contributed by atoms with van der Waals surface area (Å²) in [7, 11) is 0. The molecule has 3 atom stereocenters. The van der Waals surface area contributed by atoms with Crippen molar-refractivity contribution in [3.05, 3.63) is 98.8 Å². The molecule has 2 N–H and O–H groups in total. The summed E-state index contributed by atoms with van der Waals surface area (Å²) in [5.74, 6) is -1.36. The van der Waals surface area contributed by atoms with Crippen molar-refractivity contribution >= 4 is 69.4 Å². The predicted octanol–water partition coefficient (Wildman–Crippen LogP) is 8.53. The summed E-state index contributed by atoms with van der Waals surface area (Å²) in [4.78, 5) is 12.3. The third-order valence-electron chi connectivity index (χ3n) is 5.94. The van der Waals surface area contributed by atoms with E-state index >= 15 is 0 Å². The normalized spacial score (nSPS) is 21.1. The van der Waals surface area contributed by atoms with Gasteiger partial charge in [-0.05, 0) is 73.5 Å².